The monoisotopic (exact) mass is 216 g/mol. The molecule has 0 aliphatic heterocycles. The number of hydrogen-bond acceptors (Lipinski definition) is 0. The molecule has 0 aromatic heterocycles. The molecule has 3 heteroatoms. The van der Waals surface area contributed by atoms with E-state index in [9.17, 15) is 4.39 Å². The predicted molar refractivity (Wildman–Crippen MR) is 53.6 cm³/mol. The Hall–Kier alpha value is -0.710. The molecule has 0 atom stereocenters. The Labute approximate surface area is 86.7 Å². The Bertz CT molecular complexity index is 329. The number of rotatable bonds is 1. The summed E-state index contributed by atoms with van der Waals surface area (Å²) < 4.78 is 12.8. The molecule has 0 saturated heterocycles. The topological polar surface area (TPSA) is 0 Å². The standard InChI is InChI=1S/C10H7Cl2F/c11-4-2-1-3-8-5-9(12)7-10(13)6-8/h5-7H,2,4H2. The van der Waals surface area contributed by atoms with Gasteiger partial charge in [-0.25, -0.2) is 4.39 Å². The smallest absolute Gasteiger partial charge is 0.125 e. The van der Waals surface area contributed by atoms with Crippen molar-refractivity contribution in [3.8, 4) is 11.8 Å². The Balaban J connectivity index is 2.85. The van der Waals surface area contributed by atoms with Gasteiger partial charge in [-0.15, -0.1) is 11.6 Å². The predicted octanol–water partition coefficient (Wildman–Crippen LogP) is 3.46. The quantitative estimate of drug-likeness (QED) is 0.499. The van der Waals surface area contributed by atoms with E-state index in [1.165, 1.54) is 12.1 Å². The van der Waals surface area contributed by atoms with Crippen molar-refractivity contribution in [2.45, 2.75) is 6.42 Å². The summed E-state index contributed by atoms with van der Waals surface area (Å²) in [6, 6.07) is 4.20. The fourth-order valence-corrected chi connectivity index (χ4v) is 1.15. The van der Waals surface area contributed by atoms with E-state index < -0.39 is 0 Å². The zero-order valence-corrected chi connectivity index (χ0v) is 8.29. The normalized spacial score (nSPS) is 9.15. The molecule has 0 nitrogen and oxygen atoms in total. The molecule has 0 fully saturated rings. The first kappa shape index (κ1) is 10.4. The van der Waals surface area contributed by atoms with E-state index in [-0.39, 0.29) is 5.82 Å². The lowest BCUT2D eigenvalue weighted by molar-refractivity contribution is 0.627. The van der Waals surface area contributed by atoms with Gasteiger partial charge in [-0.3, -0.25) is 0 Å². The van der Waals surface area contributed by atoms with Crippen molar-refractivity contribution in [1.82, 2.24) is 0 Å². The van der Waals surface area contributed by atoms with Crippen molar-refractivity contribution in [3.05, 3.63) is 34.6 Å². The van der Waals surface area contributed by atoms with Crippen LogP contribution in [-0.2, 0) is 0 Å². The zero-order valence-electron chi connectivity index (χ0n) is 6.78. The van der Waals surface area contributed by atoms with E-state index >= 15 is 0 Å². The van der Waals surface area contributed by atoms with Crippen molar-refractivity contribution in [2.75, 3.05) is 5.88 Å². The van der Waals surface area contributed by atoms with Gasteiger partial charge in [0, 0.05) is 22.9 Å². The van der Waals surface area contributed by atoms with Crippen molar-refractivity contribution in [2.24, 2.45) is 0 Å². The number of benzene rings is 1. The first-order chi connectivity index (χ1) is 6.22. The fourth-order valence-electron chi connectivity index (χ4n) is 0.838. The van der Waals surface area contributed by atoms with Crippen LogP contribution in [0.25, 0.3) is 0 Å². The summed E-state index contributed by atoms with van der Waals surface area (Å²) in [5, 5.41) is 0.357. The second-order valence-electron chi connectivity index (χ2n) is 2.40. The van der Waals surface area contributed by atoms with Crippen LogP contribution in [0.1, 0.15) is 12.0 Å². The number of alkyl halides is 1. The Morgan fingerprint density at radius 1 is 1.31 bits per heavy atom. The van der Waals surface area contributed by atoms with E-state index in [4.69, 9.17) is 23.2 Å². The molecule has 13 heavy (non-hydrogen) atoms. The van der Waals surface area contributed by atoms with Gasteiger partial charge in [0.2, 0.25) is 0 Å². The van der Waals surface area contributed by atoms with Gasteiger partial charge in [0.25, 0.3) is 0 Å². The lowest BCUT2D eigenvalue weighted by Crippen LogP contribution is -1.79. The van der Waals surface area contributed by atoms with E-state index in [1.807, 2.05) is 0 Å². The molecule has 0 heterocycles. The molecule has 0 unspecified atom stereocenters. The summed E-state index contributed by atoms with van der Waals surface area (Å²) in [4.78, 5) is 0. The van der Waals surface area contributed by atoms with Gasteiger partial charge in [0.05, 0.1) is 0 Å². The Kier molecular flexibility index (Phi) is 4.08. The Morgan fingerprint density at radius 3 is 2.69 bits per heavy atom. The van der Waals surface area contributed by atoms with Crippen molar-refractivity contribution in [3.63, 3.8) is 0 Å². The van der Waals surface area contributed by atoms with Crippen molar-refractivity contribution in [1.29, 1.82) is 0 Å². The van der Waals surface area contributed by atoms with Gasteiger partial charge in [0.15, 0.2) is 0 Å². The maximum absolute atomic E-state index is 12.8. The maximum atomic E-state index is 12.8. The van der Waals surface area contributed by atoms with Crippen LogP contribution >= 0.6 is 23.2 Å². The molecule has 0 saturated carbocycles. The highest BCUT2D eigenvalue weighted by Gasteiger charge is 1.95. The summed E-state index contributed by atoms with van der Waals surface area (Å²) in [6.45, 7) is 0. The highest BCUT2D eigenvalue weighted by Crippen LogP contribution is 2.13. The van der Waals surface area contributed by atoms with Crippen LogP contribution in [-0.4, -0.2) is 5.88 Å². The minimum absolute atomic E-state index is 0.357. The highest BCUT2D eigenvalue weighted by molar-refractivity contribution is 6.30. The molecule has 0 aliphatic carbocycles. The summed E-state index contributed by atoms with van der Waals surface area (Å²) in [7, 11) is 0. The van der Waals surface area contributed by atoms with Gasteiger partial charge in [-0.2, -0.15) is 0 Å². The highest BCUT2D eigenvalue weighted by atomic mass is 35.5. The van der Waals surface area contributed by atoms with E-state index in [2.05, 4.69) is 11.8 Å². The van der Waals surface area contributed by atoms with E-state index in [1.54, 1.807) is 6.07 Å². The third-order valence-electron chi connectivity index (χ3n) is 1.31. The minimum Gasteiger partial charge on any atom is -0.207 e. The van der Waals surface area contributed by atoms with E-state index in [0.29, 0.717) is 22.9 Å². The average Bonchev–Trinajstić information content (AvgIpc) is 2.03. The molecule has 0 amide bonds. The summed E-state index contributed by atoms with van der Waals surface area (Å²) >= 11 is 11.1. The summed E-state index contributed by atoms with van der Waals surface area (Å²) in [5.41, 5.74) is 0.579. The minimum atomic E-state index is -0.373. The first-order valence-corrected chi connectivity index (χ1v) is 4.64. The van der Waals surface area contributed by atoms with Crippen LogP contribution in [0.4, 0.5) is 4.39 Å². The number of halogens is 3. The molecule has 0 aliphatic rings. The van der Waals surface area contributed by atoms with Crippen molar-refractivity contribution >= 4 is 23.2 Å². The molecule has 0 N–H and O–H groups in total. The average molecular weight is 217 g/mol. The Morgan fingerprint density at radius 2 is 2.08 bits per heavy atom. The van der Waals surface area contributed by atoms with Gasteiger partial charge in [-0.05, 0) is 18.2 Å². The van der Waals surface area contributed by atoms with Crippen LogP contribution in [0.2, 0.25) is 5.02 Å². The fraction of sp³-hybridized carbons (Fsp3) is 0.200. The molecule has 0 radical (unpaired) electrons. The second-order valence-corrected chi connectivity index (χ2v) is 3.21. The van der Waals surface area contributed by atoms with Crippen LogP contribution in [0, 0.1) is 17.7 Å². The second kappa shape index (κ2) is 5.11. The summed E-state index contributed by atoms with van der Waals surface area (Å²) in [6.07, 6.45) is 0.593. The third-order valence-corrected chi connectivity index (χ3v) is 1.72. The van der Waals surface area contributed by atoms with Crippen LogP contribution in [0.15, 0.2) is 18.2 Å². The first-order valence-electron chi connectivity index (χ1n) is 3.73. The van der Waals surface area contributed by atoms with Gasteiger partial charge in [-0.1, -0.05) is 23.4 Å². The van der Waals surface area contributed by atoms with Gasteiger partial charge >= 0.3 is 0 Å². The third kappa shape index (κ3) is 3.67. The lowest BCUT2D eigenvalue weighted by atomic mass is 10.2. The van der Waals surface area contributed by atoms with Crippen LogP contribution < -0.4 is 0 Å². The molecule has 1 aromatic carbocycles. The zero-order chi connectivity index (χ0) is 9.68. The SMILES string of the molecule is Fc1cc(Cl)cc(C#CCCCl)c1. The molecular weight excluding hydrogens is 210 g/mol. The molecule has 0 bridgehead atoms. The van der Waals surface area contributed by atoms with E-state index in [0.717, 1.165) is 0 Å². The summed E-state index contributed by atoms with van der Waals surface area (Å²) in [5.74, 6) is 5.68. The van der Waals surface area contributed by atoms with Gasteiger partial charge in [0.1, 0.15) is 5.82 Å². The molecule has 0 spiro atoms. The van der Waals surface area contributed by atoms with Gasteiger partial charge < -0.3 is 0 Å². The lowest BCUT2D eigenvalue weighted by Gasteiger charge is -1.93. The maximum Gasteiger partial charge on any atom is 0.125 e. The van der Waals surface area contributed by atoms with Crippen LogP contribution in [0.5, 0.6) is 0 Å². The molecule has 1 rings (SSSR count). The molecule has 68 valence electrons. The number of hydrogen-bond donors (Lipinski definition) is 0. The van der Waals surface area contributed by atoms with Crippen LogP contribution in [0.3, 0.4) is 0 Å². The molecule has 1 aromatic rings. The molecular formula is C10H7Cl2F. The van der Waals surface area contributed by atoms with Crippen molar-refractivity contribution < 1.29 is 4.39 Å². The largest absolute Gasteiger partial charge is 0.207 e.